The zero-order chi connectivity index (χ0) is 21.1. The molecule has 0 aliphatic heterocycles. The van der Waals surface area contributed by atoms with Crippen molar-refractivity contribution in [2.75, 3.05) is 12.4 Å². The molecule has 2 aromatic carbocycles. The third kappa shape index (κ3) is 4.63. The van der Waals surface area contributed by atoms with E-state index in [9.17, 15) is 4.79 Å². The van der Waals surface area contributed by atoms with Crippen LogP contribution in [0.15, 0.2) is 69.0 Å². The highest BCUT2D eigenvalue weighted by atomic mass is 79.9. The van der Waals surface area contributed by atoms with Gasteiger partial charge in [0, 0.05) is 15.1 Å². The summed E-state index contributed by atoms with van der Waals surface area (Å²) in [5, 5.41) is 1.47. The molecule has 2 heterocycles. The van der Waals surface area contributed by atoms with Crippen LogP contribution in [-0.2, 0) is 6.54 Å². The Balaban J connectivity index is 1.59. The first-order chi connectivity index (χ1) is 14.5. The van der Waals surface area contributed by atoms with Gasteiger partial charge in [-0.2, -0.15) is 0 Å². The molecule has 4 rings (SSSR count). The highest BCUT2D eigenvalue weighted by molar-refractivity contribution is 9.10. The van der Waals surface area contributed by atoms with E-state index >= 15 is 0 Å². The summed E-state index contributed by atoms with van der Waals surface area (Å²) < 4.78 is 8.64. The van der Waals surface area contributed by atoms with E-state index in [4.69, 9.17) is 9.72 Å². The number of thioether (sulfide) groups is 1. The fourth-order valence-corrected chi connectivity index (χ4v) is 5.30. The van der Waals surface area contributed by atoms with Crippen molar-refractivity contribution in [2.24, 2.45) is 0 Å². The van der Waals surface area contributed by atoms with Gasteiger partial charge >= 0.3 is 0 Å². The van der Waals surface area contributed by atoms with Crippen LogP contribution in [0.25, 0.3) is 10.2 Å². The number of hydrogen-bond acceptors (Lipinski definition) is 5. The third-order valence-electron chi connectivity index (χ3n) is 4.83. The maximum atomic E-state index is 13.4. The van der Waals surface area contributed by atoms with E-state index in [0.717, 1.165) is 41.6 Å². The smallest absolute Gasteiger partial charge is 0.263 e. The number of fused-ring (bicyclic) bond motifs is 1. The average Bonchev–Trinajstić information content (AvgIpc) is 3.03. The van der Waals surface area contributed by atoms with Gasteiger partial charge in [-0.3, -0.25) is 9.36 Å². The molecule has 0 amide bonds. The monoisotopic (exact) mass is 500 g/mol. The van der Waals surface area contributed by atoms with Crippen LogP contribution in [0.5, 0.6) is 5.75 Å². The molecule has 4 nitrogen and oxygen atoms in total. The summed E-state index contributed by atoms with van der Waals surface area (Å²) in [6.07, 6.45) is 0. The van der Waals surface area contributed by atoms with Crippen molar-refractivity contribution in [3.63, 3.8) is 0 Å². The van der Waals surface area contributed by atoms with Crippen LogP contribution in [0.3, 0.4) is 0 Å². The van der Waals surface area contributed by atoms with Crippen LogP contribution >= 0.6 is 39.0 Å². The van der Waals surface area contributed by atoms with E-state index < -0.39 is 0 Å². The van der Waals surface area contributed by atoms with Gasteiger partial charge in [0.1, 0.15) is 10.6 Å². The molecule has 0 unspecified atom stereocenters. The van der Waals surface area contributed by atoms with Crippen LogP contribution in [-0.4, -0.2) is 21.9 Å². The van der Waals surface area contributed by atoms with Crippen LogP contribution in [0.2, 0.25) is 0 Å². The molecule has 30 heavy (non-hydrogen) atoms. The second-order valence-corrected chi connectivity index (χ2v) is 10.1. The number of ether oxygens (including phenoxy) is 1. The van der Waals surface area contributed by atoms with Crippen LogP contribution in [0.1, 0.15) is 16.0 Å². The first-order valence-corrected chi connectivity index (χ1v) is 12.2. The Hall–Kier alpha value is -2.09. The number of nitrogens with zero attached hydrogens (tertiary/aromatic N) is 2. The lowest BCUT2D eigenvalue weighted by Crippen LogP contribution is -2.24. The lowest BCUT2D eigenvalue weighted by molar-refractivity contribution is 0.343. The zero-order valence-electron chi connectivity index (χ0n) is 16.7. The molecule has 0 atom stereocenters. The fraction of sp³-hybridized carbons (Fsp3) is 0.217. The van der Waals surface area contributed by atoms with Gasteiger partial charge in [0.05, 0.1) is 18.5 Å². The van der Waals surface area contributed by atoms with Gasteiger partial charge in [0.2, 0.25) is 0 Å². The number of aryl methyl sites for hydroxylation is 2. The SMILES string of the molecule is Cc1sc2nc(SCCOc3ccc(Br)cc3)n(Cc3ccccc3)c(=O)c2c1C. The van der Waals surface area contributed by atoms with E-state index in [-0.39, 0.29) is 5.56 Å². The van der Waals surface area contributed by atoms with Gasteiger partial charge in [-0.25, -0.2) is 4.98 Å². The Labute approximate surface area is 192 Å². The van der Waals surface area contributed by atoms with Crippen molar-refractivity contribution in [1.82, 2.24) is 9.55 Å². The third-order valence-corrected chi connectivity index (χ3v) is 7.40. The van der Waals surface area contributed by atoms with Crippen LogP contribution in [0.4, 0.5) is 0 Å². The topological polar surface area (TPSA) is 44.1 Å². The molecule has 154 valence electrons. The first kappa shape index (κ1) is 21.2. The molecule has 0 radical (unpaired) electrons. The van der Waals surface area contributed by atoms with Gasteiger partial charge in [-0.05, 0) is 49.2 Å². The normalized spacial score (nSPS) is 11.2. The van der Waals surface area contributed by atoms with Gasteiger partial charge in [-0.1, -0.05) is 58.0 Å². The van der Waals surface area contributed by atoms with Gasteiger partial charge in [0.25, 0.3) is 5.56 Å². The predicted molar refractivity (Wildman–Crippen MR) is 129 cm³/mol. The minimum absolute atomic E-state index is 0.0297. The Morgan fingerprint density at radius 1 is 1.10 bits per heavy atom. The second-order valence-electron chi connectivity index (χ2n) is 6.89. The minimum atomic E-state index is 0.0297. The number of benzene rings is 2. The van der Waals surface area contributed by atoms with Crippen molar-refractivity contribution in [1.29, 1.82) is 0 Å². The largest absolute Gasteiger partial charge is 0.493 e. The summed E-state index contributed by atoms with van der Waals surface area (Å²) in [5.41, 5.74) is 2.14. The number of aromatic nitrogens is 2. The number of rotatable bonds is 7. The maximum absolute atomic E-state index is 13.4. The molecule has 2 aromatic heterocycles. The lowest BCUT2D eigenvalue weighted by atomic mass is 10.2. The molecule has 0 saturated heterocycles. The summed E-state index contributed by atoms with van der Waals surface area (Å²) in [7, 11) is 0. The molecular weight excluding hydrogens is 480 g/mol. The van der Waals surface area contributed by atoms with E-state index in [1.54, 1.807) is 27.7 Å². The second kappa shape index (κ2) is 9.37. The standard InChI is InChI=1S/C23H21BrN2O2S2/c1-15-16(2)30-21-20(15)22(27)26(14-17-6-4-3-5-7-17)23(25-21)29-13-12-28-19-10-8-18(24)9-11-19/h3-11H,12-14H2,1-2H3. The summed E-state index contributed by atoms with van der Waals surface area (Å²) >= 11 is 6.57. The van der Waals surface area contributed by atoms with Crippen molar-refractivity contribution < 1.29 is 4.74 Å². The quantitative estimate of drug-likeness (QED) is 0.176. The molecule has 0 aliphatic rings. The van der Waals surface area contributed by atoms with Gasteiger partial charge < -0.3 is 4.74 Å². The number of hydrogen-bond donors (Lipinski definition) is 0. The first-order valence-electron chi connectivity index (χ1n) is 9.58. The van der Waals surface area contributed by atoms with Crippen molar-refractivity contribution >= 4 is 49.2 Å². The van der Waals surface area contributed by atoms with Crippen LogP contribution in [0, 0.1) is 13.8 Å². The number of halogens is 1. The molecule has 0 aliphatic carbocycles. The highest BCUT2D eigenvalue weighted by Gasteiger charge is 2.17. The summed E-state index contributed by atoms with van der Waals surface area (Å²) in [6.45, 7) is 5.09. The maximum Gasteiger partial charge on any atom is 0.263 e. The average molecular weight is 501 g/mol. The summed E-state index contributed by atoms with van der Waals surface area (Å²) in [6, 6.07) is 17.8. The van der Waals surface area contributed by atoms with Crippen molar-refractivity contribution in [2.45, 2.75) is 25.5 Å². The van der Waals surface area contributed by atoms with E-state index in [1.165, 1.54) is 0 Å². The summed E-state index contributed by atoms with van der Waals surface area (Å²) in [5.74, 6) is 1.53. The minimum Gasteiger partial charge on any atom is -0.493 e. The zero-order valence-corrected chi connectivity index (χ0v) is 19.9. The molecule has 0 bridgehead atoms. The van der Waals surface area contributed by atoms with Crippen molar-refractivity contribution in [3.05, 3.63) is 85.4 Å². The molecule has 4 aromatic rings. The highest BCUT2D eigenvalue weighted by Crippen LogP contribution is 2.28. The molecule has 0 spiro atoms. The molecule has 0 saturated carbocycles. The van der Waals surface area contributed by atoms with E-state index in [1.807, 2.05) is 68.4 Å². The van der Waals surface area contributed by atoms with E-state index in [2.05, 4.69) is 15.9 Å². The Kier molecular flexibility index (Phi) is 6.61. The van der Waals surface area contributed by atoms with Crippen LogP contribution < -0.4 is 10.3 Å². The molecule has 0 N–H and O–H groups in total. The predicted octanol–water partition coefficient (Wildman–Crippen LogP) is 6.06. The van der Waals surface area contributed by atoms with E-state index in [0.29, 0.717) is 18.9 Å². The lowest BCUT2D eigenvalue weighted by Gasteiger charge is -2.13. The van der Waals surface area contributed by atoms with Gasteiger partial charge in [0.15, 0.2) is 5.16 Å². The van der Waals surface area contributed by atoms with Gasteiger partial charge in [-0.15, -0.1) is 11.3 Å². The molecule has 7 heteroatoms. The Morgan fingerprint density at radius 2 is 1.83 bits per heavy atom. The molecule has 0 fully saturated rings. The van der Waals surface area contributed by atoms with Crippen molar-refractivity contribution in [3.8, 4) is 5.75 Å². The Morgan fingerprint density at radius 3 is 2.57 bits per heavy atom. The fourth-order valence-electron chi connectivity index (χ4n) is 3.15. The molecular formula is C23H21BrN2O2S2. The summed E-state index contributed by atoms with van der Waals surface area (Å²) in [4.78, 5) is 20.2. The Bertz CT molecular complexity index is 1220. The number of thiophene rings is 1.